The summed E-state index contributed by atoms with van der Waals surface area (Å²) in [7, 11) is 0. The van der Waals surface area contributed by atoms with Gasteiger partial charge in [0.2, 0.25) is 0 Å². The van der Waals surface area contributed by atoms with E-state index >= 15 is 0 Å². The molecule has 0 bridgehead atoms. The predicted molar refractivity (Wildman–Crippen MR) is 82.1 cm³/mol. The molecule has 102 valence electrons. The molecule has 1 unspecified atom stereocenters. The number of para-hydroxylation sites is 1. The van der Waals surface area contributed by atoms with Gasteiger partial charge in [-0.3, -0.25) is 5.84 Å². The van der Waals surface area contributed by atoms with Crippen LogP contribution in [-0.2, 0) is 0 Å². The van der Waals surface area contributed by atoms with Crippen molar-refractivity contribution in [3.8, 4) is 5.69 Å². The predicted octanol–water partition coefficient (Wildman–Crippen LogP) is 3.14. The molecule has 0 amide bonds. The van der Waals surface area contributed by atoms with E-state index in [0.717, 1.165) is 20.6 Å². The van der Waals surface area contributed by atoms with E-state index in [-0.39, 0.29) is 6.04 Å². The van der Waals surface area contributed by atoms with Gasteiger partial charge >= 0.3 is 0 Å². The van der Waals surface area contributed by atoms with Crippen LogP contribution in [0.2, 0.25) is 4.34 Å². The Balaban J connectivity index is 1.92. The van der Waals surface area contributed by atoms with Gasteiger partial charge in [0.1, 0.15) is 0 Å². The average Bonchev–Trinajstić information content (AvgIpc) is 3.11. The summed E-state index contributed by atoms with van der Waals surface area (Å²) in [5, 5.41) is 4.58. The number of nitrogens with one attached hydrogen (secondary N) is 1. The molecule has 0 spiro atoms. The number of nitrogens with zero attached hydrogens (tertiary/aromatic N) is 2. The van der Waals surface area contributed by atoms with Crippen molar-refractivity contribution in [2.24, 2.45) is 5.84 Å². The maximum atomic E-state index is 5.97. The third kappa shape index (κ3) is 2.62. The highest BCUT2D eigenvalue weighted by Crippen LogP contribution is 2.30. The van der Waals surface area contributed by atoms with Crippen LogP contribution in [0.3, 0.4) is 0 Å². The van der Waals surface area contributed by atoms with Crippen LogP contribution in [0, 0.1) is 0 Å². The van der Waals surface area contributed by atoms with Crippen LogP contribution in [0.25, 0.3) is 5.69 Å². The Labute approximate surface area is 125 Å². The lowest BCUT2D eigenvalue weighted by molar-refractivity contribution is 0.621. The highest BCUT2D eigenvalue weighted by atomic mass is 35.5. The van der Waals surface area contributed by atoms with Crippen LogP contribution in [0.1, 0.15) is 16.6 Å². The van der Waals surface area contributed by atoms with E-state index in [0.29, 0.717) is 0 Å². The first-order valence-corrected chi connectivity index (χ1v) is 7.30. The molecule has 2 aromatic heterocycles. The van der Waals surface area contributed by atoms with Gasteiger partial charge in [-0.2, -0.15) is 5.10 Å². The van der Waals surface area contributed by atoms with Gasteiger partial charge in [-0.05, 0) is 30.3 Å². The summed E-state index contributed by atoms with van der Waals surface area (Å²) in [5.74, 6) is 5.66. The minimum atomic E-state index is -0.155. The van der Waals surface area contributed by atoms with Gasteiger partial charge in [0.05, 0.1) is 21.8 Å². The molecular weight excluding hydrogens is 292 g/mol. The van der Waals surface area contributed by atoms with E-state index in [1.807, 2.05) is 59.4 Å². The minimum absolute atomic E-state index is 0.155. The Morgan fingerprint density at radius 1 is 1.15 bits per heavy atom. The van der Waals surface area contributed by atoms with E-state index < -0.39 is 0 Å². The molecule has 3 rings (SSSR count). The number of nitrogens with two attached hydrogens (primary N) is 1. The summed E-state index contributed by atoms with van der Waals surface area (Å²) >= 11 is 7.47. The molecule has 6 heteroatoms. The van der Waals surface area contributed by atoms with Crippen molar-refractivity contribution in [3.05, 3.63) is 69.6 Å². The van der Waals surface area contributed by atoms with Gasteiger partial charge in [-0.1, -0.05) is 29.8 Å². The number of hydrazine groups is 1. The van der Waals surface area contributed by atoms with Gasteiger partial charge < -0.3 is 0 Å². The lowest BCUT2D eigenvalue weighted by Gasteiger charge is -2.11. The van der Waals surface area contributed by atoms with E-state index in [1.165, 1.54) is 11.3 Å². The summed E-state index contributed by atoms with van der Waals surface area (Å²) < 4.78 is 2.57. The van der Waals surface area contributed by atoms with Crippen molar-refractivity contribution < 1.29 is 0 Å². The third-order valence-electron chi connectivity index (χ3n) is 2.97. The van der Waals surface area contributed by atoms with Gasteiger partial charge in [0.25, 0.3) is 0 Å². The van der Waals surface area contributed by atoms with Crippen LogP contribution < -0.4 is 11.3 Å². The molecule has 0 fully saturated rings. The van der Waals surface area contributed by atoms with E-state index in [1.54, 1.807) is 0 Å². The first-order valence-electron chi connectivity index (χ1n) is 6.10. The molecule has 3 aromatic rings. The Bertz CT molecular complexity index is 692. The number of hydrogen-bond acceptors (Lipinski definition) is 4. The third-order valence-corrected chi connectivity index (χ3v) is 4.27. The van der Waals surface area contributed by atoms with E-state index in [2.05, 4.69) is 10.5 Å². The lowest BCUT2D eigenvalue weighted by Crippen LogP contribution is -2.28. The molecule has 0 aliphatic carbocycles. The Kier molecular flexibility index (Phi) is 3.84. The second-order valence-electron chi connectivity index (χ2n) is 4.26. The number of rotatable bonds is 4. The number of benzene rings is 1. The van der Waals surface area contributed by atoms with E-state index in [4.69, 9.17) is 17.4 Å². The summed E-state index contributed by atoms with van der Waals surface area (Å²) in [5.41, 5.74) is 4.66. The van der Waals surface area contributed by atoms with Crippen LogP contribution in [0.15, 0.2) is 54.7 Å². The van der Waals surface area contributed by atoms with Gasteiger partial charge in [0, 0.05) is 11.1 Å². The SMILES string of the molecule is NNC(c1ccn(-c2ccccc2)n1)c1ccc(Cl)s1. The summed E-state index contributed by atoms with van der Waals surface area (Å²) in [6, 6.07) is 15.6. The zero-order valence-corrected chi connectivity index (χ0v) is 12.1. The highest BCUT2D eigenvalue weighted by molar-refractivity contribution is 7.16. The first kappa shape index (κ1) is 13.3. The molecule has 0 aliphatic rings. The lowest BCUT2D eigenvalue weighted by atomic mass is 10.2. The standard InChI is InChI=1S/C14H13ClN4S/c15-13-7-6-12(20-13)14(17-16)11-8-9-19(18-11)10-4-2-1-3-5-10/h1-9,14,17H,16H2. The zero-order chi connectivity index (χ0) is 13.9. The van der Waals surface area contributed by atoms with Crippen LogP contribution in [0.5, 0.6) is 0 Å². The molecule has 20 heavy (non-hydrogen) atoms. The monoisotopic (exact) mass is 304 g/mol. The normalized spacial score (nSPS) is 12.5. The molecule has 0 saturated heterocycles. The van der Waals surface area contributed by atoms with Crippen LogP contribution in [0.4, 0.5) is 0 Å². The summed E-state index contributed by atoms with van der Waals surface area (Å²) in [4.78, 5) is 1.04. The number of thiophene rings is 1. The van der Waals surface area contributed by atoms with Crippen molar-refractivity contribution in [1.82, 2.24) is 15.2 Å². The Morgan fingerprint density at radius 3 is 2.60 bits per heavy atom. The molecule has 1 aromatic carbocycles. The molecule has 1 atom stereocenters. The fraction of sp³-hybridized carbons (Fsp3) is 0.0714. The molecule has 0 saturated carbocycles. The Morgan fingerprint density at radius 2 is 1.95 bits per heavy atom. The average molecular weight is 305 g/mol. The van der Waals surface area contributed by atoms with E-state index in [9.17, 15) is 0 Å². The summed E-state index contributed by atoms with van der Waals surface area (Å²) in [6.45, 7) is 0. The van der Waals surface area contributed by atoms with Crippen LogP contribution >= 0.6 is 22.9 Å². The number of aromatic nitrogens is 2. The largest absolute Gasteiger partial charge is 0.270 e. The van der Waals surface area contributed by atoms with Crippen LogP contribution in [-0.4, -0.2) is 9.78 Å². The Hall–Kier alpha value is -1.66. The maximum absolute atomic E-state index is 5.97. The quantitative estimate of drug-likeness (QED) is 0.575. The van der Waals surface area contributed by atoms with Crippen molar-refractivity contribution in [2.45, 2.75) is 6.04 Å². The fourth-order valence-electron chi connectivity index (χ4n) is 2.01. The maximum Gasteiger partial charge on any atom is 0.0992 e. The molecule has 2 heterocycles. The van der Waals surface area contributed by atoms with Crippen molar-refractivity contribution >= 4 is 22.9 Å². The van der Waals surface area contributed by atoms with Gasteiger partial charge in [-0.25, -0.2) is 10.1 Å². The van der Waals surface area contributed by atoms with Crippen molar-refractivity contribution in [1.29, 1.82) is 0 Å². The van der Waals surface area contributed by atoms with Gasteiger partial charge in [0.15, 0.2) is 0 Å². The second kappa shape index (κ2) is 5.76. The van der Waals surface area contributed by atoms with Crippen molar-refractivity contribution in [2.75, 3.05) is 0 Å². The first-order chi connectivity index (χ1) is 9.78. The molecule has 4 nitrogen and oxygen atoms in total. The highest BCUT2D eigenvalue weighted by Gasteiger charge is 2.17. The molecule has 0 radical (unpaired) electrons. The topological polar surface area (TPSA) is 55.9 Å². The molecule has 3 N–H and O–H groups in total. The zero-order valence-electron chi connectivity index (χ0n) is 10.5. The minimum Gasteiger partial charge on any atom is -0.270 e. The number of halogens is 1. The smallest absolute Gasteiger partial charge is 0.0992 e. The second-order valence-corrected chi connectivity index (χ2v) is 6.01. The number of hydrogen-bond donors (Lipinski definition) is 2. The fourth-order valence-corrected chi connectivity index (χ4v) is 3.15. The van der Waals surface area contributed by atoms with Crippen molar-refractivity contribution in [3.63, 3.8) is 0 Å². The molecular formula is C14H13ClN4S. The summed E-state index contributed by atoms with van der Waals surface area (Å²) in [6.07, 6.45) is 1.92. The molecule has 0 aliphatic heterocycles. The van der Waals surface area contributed by atoms with Gasteiger partial charge in [-0.15, -0.1) is 11.3 Å².